The highest BCUT2D eigenvalue weighted by atomic mass is 32.2. The fraction of sp³-hybridized carbons (Fsp3) is 0.263. The Bertz CT molecular complexity index is 943. The normalized spacial score (nSPS) is 18.0. The first kappa shape index (κ1) is 16.0. The van der Waals surface area contributed by atoms with Crippen molar-refractivity contribution in [3.8, 4) is 5.69 Å². The van der Waals surface area contributed by atoms with Crippen LogP contribution >= 0.6 is 11.8 Å². The highest BCUT2D eigenvalue weighted by Gasteiger charge is 2.35. The molecule has 1 N–H and O–H groups in total. The minimum absolute atomic E-state index is 0.0129. The fourth-order valence-electron chi connectivity index (χ4n) is 3.11. The number of benzene rings is 1. The van der Waals surface area contributed by atoms with Crippen LogP contribution in [-0.4, -0.2) is 33.4 Å². The average Bonchev–Trinajstić information content (AvgIpc) is 3.02. The molecule has 0 saturated carbocycles. The smallest absolute Gasteiger partial charge is 0.272 e. The molecule has 0 aliphatic carbocycles. The molecule has 6 heteroatoms. The van der Waals surface area contributed by atoms with E-state index in [0.29, 0.717) is 4.90 Å². The van der Waals surface area contributed by atoms with Gasteiger partial charge in [-0.15, -0.1) is 0 Å². The van der Waals surface area contributed by atoms with Gasteiger partial charge in [0.25, 0.3) is 5.56 Å². The van der Waals surface area contributed by atoms with Crippen LogP contribution in [0.15, 0.2) is 58.3 Å². The minimum atomic E-state index is -0.0129. The van der Waals surface area contributed by atoms with Crippen LogP contribution in [0.4, 0.5) is 0 Å². The number of rotatable bonds is 3. The molecule has 5 nitrogen and oxygen atoms in total. The number of hydrogen-bond acceptors (Lipinski definition) is 5. The van der Waals surface area contributed by atoms with Crippen LogP contribution in [0.1, 0.15) is 18.2 Å². The Balaban J connectivity index is 1.86. The molecule has 1 aromatic carbocycles. The van der Waals surface area contributed by atoms with Crippen LogP contribution in [-0.2, 0) is 0 Å². The zero-order valence-electron chi connectivity index (χ0n) is 14.5. The van der Waals surface area contributed by atoms with E-state index in [2.05, 4.69) is 35.2 Å². The zero-order chi connectivity index (χ0) is 17.6. The van der Waals surface area contributed by atoms with Gasteiger partial charge in [0.05, 0.1) is 11.4 Å². The summed E-state index contributed by atoms with van der Waals surface area (Å²) >= 11 is 1.55. The monoisotopic (exact) mass is 352 g/mol. The molecule has 25 heavy (non-hydrogen) atoms. The van der Waals surface area contributed by atoms with Gasteiger partial charge in [-0.1, -0.05) is 29.5 Å². The molecule has 2 aromatic rings. The summed E-state index contributed by atoms with van der Waals surface area (Å²) in [7, 11) is 2.06. The maximum atomic E-state index is 13.1. The van der Waals surface area contributed by atoms with Crippen LogP contribution < -0.4 is 10.9 Å². The Labute approximate surface area is 151 Å². The van der Waals surface area contributed by atoms with Crippen LogP contribution in [0, 0.1) is 6.92 Å². The van der Waals surface area contributed by atoms with Gasteiger partial charge in [0.1, 0.15) is 16.6 Å². The summed E-state index contributed by atoms with van der Waals surface area (Å²) in [5.74, 6) is 0. The molecule has 2 aliphatic heterocycles. The number of aromatic nitrogens is 2. The topological polar surface area (TPSA) is 50.2 Å². The third kappa shape index (κ3) is 2.57. The van der Waals surface area contributed by atoms with E-state index in [4.69, 9.17) is 0 Å². The van der Waals surface area contributed by atoms with Gasteiger partial charge in [0.15, 0.2) is 0 Å². The molecule has 4 rings (SSSR count). The molecular weight excluding hydrogens is 332 g/mol. The molecule has 0 amide bonds. The summed E-state index contributed by atoms with van der Waals surface area (Å²) in [4.78, 5) is 20.6. The third-order valence-corrected chi connectivity index (χ3v) is 5.86. The van der Waals surface area contributed by atoms with Gasteiger partial charge < -0.3 is 10.2 Å². The molecule has 2 aliphatic rings. The number of thioether (sulfide) groups is 1. The van der Waals surface area contributed by atoms with Crippen molar-refractivity contribution in [2.45, 2.75) is 24.1 Å². The summed E-state index contributed by atoms with van der Waals surface area (Å²) in [6.07, 6.45) is 5.65. The zero-order valence-corrected chi connectivity index (χ0v) is 15.3. The largest absolute Gasteiger partial charge is 0.375 e. The predicted molar refractivity (Wildman–Crippen MR) is 102 cm³/mol. The van der Waals surface area contributed by atoms with Gasteiger partial charge in [0.2, 0.25) is 0 Å². The molecule has 0 spiro atoms. The number of allylic oxidation sites excluding steroid dienone is 1. The first-order valence-corrected chi connectivity index (χ1v) is 9.21. The van der Waals surface area contributed by atoms with E-state index in [1.54, 1.807) is 22.7 Å². The maximum absolute atomic E-state index is 13.1. The van der Waals surface area contributed by atoms with E-state index < -0.39 is 0 Å². The van der Waals surface area contributed by atoms with Crippen molar-refractivity contribution < 1.29 is 0 Å². The van der Waals surface area contributed by atoms with Gasteiger partial charge in [-0.2, -0.15) is 0 Å². The van der Waals surface area contributed by atoms with E-state index in [9.17, 15) is 4.79 Å². The maximum Gasteiger partial charge on any atom is 0.272 e. The van der Waals surface area contributed by atoms with Crippen molar-refractivity contribution in [1.82, 2.24) is 19.8 Å². The van der Waals surface area contributed by atoms with Crippen molar-refractivity contribution >= 4 is 17.3 Å². The van der Waals surface area contributed by atoms with Crippen molar-refractivity contribution in [3.05, 3.63) is 70.2 Å². The molecule has 0 bridgehead atoms. The second kappa shape index (κ2) is 6.11. The molecular formula is C19H20N4OS. The number of aryl methyl sites for hydroxylation is 1. The lowest BCUT2D eigenvalue weighted by molar-refractivity contribution is 0.454. The van der Waals surface area contributed by atoms with Crippen molar-refractivity contribution in [2.75, 3.05) is 13.6 Å². The fourth-order valence-corrected chi connectivity index (χ4v) is 4.31. The summed E-state index contributed by atoms with van der Waals surface area (Å²) in [6.45, 7) is 5.05. The lowest BCUT2D eigenvalue weighted by Crippen LogP contribution is -2.28. The summed E-state index contributed by atoms with van der Waals surface area (Å²) in [5.41, 5.74) is 5.01. The third-order valence-electron chi connectivity index (χ3n) is 4.65. The second-order valence-electron chi connectivity index (χ2n) is 6.24. The standard InChI is InChI=1S/C19H20N4OS/c1-4-22(3)14-9-10-20-18-15(14)16-17(25-18)19(24)23(11-21-16)13-7-5-12(2)6-8-13/h5-11,18,20H,4H2,1-3H3. The first-order chi connectivity index (χ1) is 12.1. The van der Waals surface area contributed by atoms with Crippen molar-refractivity contribution in [3.63, 3.8) is 0 Å². The summed E-state index contributed by atoms with van der Waals surface area (Å²) in [6, 6.07) is 7.91. The average molecular weight is 352 g/mol. The number of likely N-dealkylation sites (N-methyl/N-ethyl adjacent to an activating group) is 1. The Morgan fingerprint density at radius 2 is 2.08 bits per heavy atom. The summed E-state index contributed by atoms with van der Waals surface area (Å²) < 4.78 is 1.62. The molecule has 1 unspecified atom stereocenters. The summed E-state index contributed by atoms with van der Waals surface area (Å²) in [5, 5.41) is 3.38. The van der Waals surface area contributed by atoms with E-state index in [1.807, 2.05) is 37.4 Å². The number of nitrogens with zero attached hydrogens (tertiary/aromatic N) is 3. The predicted octanol–water partition coefficient (Wildman–Crippen LogP) is 2.75. The van der Waals surface area contributed by atoms with E-state index in [-0.39, 0.29) is 10.9 Å². The molecule has 1 atom stereocenters. The second-order valence-corrected chi connectivity index (χ2v) is 7.36. The molecule has 128 valence electrons. The van der Waals surface area contributed by atoms with Gasteiger partial charge in [0, 0.05) is 24.9 Å². The van der Waals surface area contributed by atoms with E-state index in [0.717, 1.165) is 29.2 Å². The van der Waals surface area contributed by atoms with E-state index >= 15 is 0 Å². The minimum Gasteiger partial charge on any atom is -0.375 e. The van der Waals surface area contributed by atoms with Crippen molar-refractivity contribution in [1.29, 1.82) is 0 Å². The molecule has 0 radical (unpaired) electrons. The highest BCUT2D eigenvalue weighted by molar-refractivity contribution is 8.00. The van der Waals surface area contributed by atoms with Gasteiger partial charge in [-0.3, -0.25) is 9.36 Å². The highest BCUT2D eigenvalue weighted by Crippen LogP contribution is 2.44. The Morgan fingerprint density at radius 3 is 2.80 bits per heavy atom. The molecule has 0 saturated heterocycles. The van der Waals surface area contributed by atoms with Crippen LogP contribution in [0.3, 0.4) is 0 Å². The quantitative estimate of drug-likeness (QED) is 0.920. The van der Waals surface area contributed by atoms with Crippen LogP contribution in [0.2, 0.25) is 0 Å². The van der Waals surface area contributed by atoms with Crippen LogP contribution in [0.5, 0.6) is 0 Å². The number of nitrogens with one attached hydrogen (secondary N) is 1. The number of fused-ring (bicyclic) bond motifs is 3. The Kier molecular flexibility index (Phi) is 3.92. The molecule has 0 fully saturated rings. The van der Waals surface area contributed by atoms with Gasteiger partial charge in [-0.25, -0.2) is 4.98 Å². The van der Waals surface area contributed by atoms with Crippen molar-refractivity contribution in [2.24, 2.45) is 0 Å². The number of dihydropyridines is 1. The van der Waals surface area contributed by atoms with E-state index in [1.165, 1.54) is 5.56 Å². The lowest BCUT2D eigenvalue weighted by atomic mass is 10.1. The SMILES string of the molecule is CCN(C)C1=C2c3ncn(-c4ccc(C)cc4)c(=O)c3SC2NC=C1. The molecule has 3 heterocycles. The number of hydrogen-bond donors (Lipinski definition) is 1. The Morgan fingerprint density at radius 1 is 1.32 bits per heavy atom. The lowest BCUT2D eigenvalue weighted by Gasteiger charge is -2.26. The van der Waals surface area contributed by atoms with Gasteiger partial charge in [-0.05, 0) is 38.3 Å². The van der Waals surface area contributed by atoms with Crippen LogP contribution in [0.25, 0.3) is 11.3 Å². The molecule has 1 aromatic heterocycles. The first-order valence-electron chi connectivity index (χ1n) is 8.33. The Hall–Kier alpha value is -2.47. The van der Waals surface area contributed by atoms with Gasteiger partial charge >= 0.3 is 0 Å².